The van der Waals surface area contributed by atoms with Crippen molar-refractivity contribution in [2.75, 3.05) is 0 Å². The molecule has 0 unspecified atom stereocenters. The Morgan fingerprint density at radius 2 is 1.50 bits per heavy atom. The van der Waals surface area contributed by atoms with Gasteiger partial charge in [-0.15, -0.1) is 0 Å². The van der Waals surface area contributed by atoms with Crippen molar-refractivity contribution in [3.8, 4) is 0 Å². The van der Waals surface area contributed by atoms with E-state index < -0.39 is 17.9 Å². The molecule has 0 aliphatic heterocycles. The van der Waals surface area contributed by atoms with E-state index in [2.05, 4.69) is 13.2 Å². The molecule has 0 saturated heterocycles. The van der Waals surface area contributed by atoms with Crippen molar-refractivity contribution in [2.45, 2.75) is 46.0 Å². The van der Waals surface area contributed by atoms with E-state index in [1.807, 2.05) is 6.92 Å². The smallest absolute Gasteiger partial charge is 0.373 e. The lowest BCUT2D eigenvalue weighted by Crippen LogP contribution is -2.40. The molecule has 5 nitrogen and oxygen atoms in total. The van der Waals surface area contributed by atoms with Gasteiger partial charge in [-0.2, -0.15) is 0 Å². The maximum Gasteiger partial charge on any atom is 0.373 e. The quantitative estimate of drug-likeness (QED) is 0.429. The van der Waals surface area contributed by atoms with Crippen LogP contribution in [0.3, 0.4) is 0 Å². The van der Waals surface area contributed by atoms with E-state index in [9.17, 15) is 14.7 Å². The van der Waals surface area contributed by atoms with Crippen molar-refractivity contribution in [1.29, 1.82) is 0 Å². The lowest BCUT2D eigenvalue weighted by atomic mass is 10.2. The molecule has 0 aliphatic rings. The topological polar surface area (TPSA) is 72.8 Å². The van der Waals surface area contributed by atoms with Gasteiger partial charge in [0, 0.05) is 11.1 Å². The Bertz CT molecular complexity index is 328. The van der Waals surface area contributed by atoms with Gasteiger partial charge < -0.3 is 14.6 Å². The molecule has 102 valence electrons. The lowest BCUT2D eigenvalue weighted by Gasteiger charge is -2.26. The highest BCUT2D eigenvalue weighted by Crippen LogP contribution is 2.20. The van der Waals surface area contributed by atoms with Gasteiger partial charge in [0.2, 0.25) is 0 Å². The third-order valence-corrected chi connectivity index (χ3v) is 2.05. The van der Waals surface area contributed by atoms with Crippen molar-refractivity contribution >= 4 is 11.9 Å². The van der Waals surface area contributed by atoms with Crippen LogP contribution >= 0.6 is 0 Å². The Balaban J connectivity index is 4.81. The van der Waals surface area contributed by atoms with E-state index in [1.54, 1.807) is 0 Å². The second kappa shape index (κ2) is 6.96. The van der Waals surface area contributed by atoms with E-state index >= 15 is 0 Å². The van der Waals surface area contributed by atoms with Gasteiger partial charge in [-0.25, -0.2) is 9.59 Å². The fraction of sp³-hybridized carbons (Fsp3) is 0.538. The fourth-order valence-electron chi connectivity index (χ4n) is 0.987. The number of carbonyl (C=O) groups is 2. The van der Waals surface area contributed by atoms with Crippen molar-refractivity contribution < 1.29 is 24.2 Å². The molecule has 0 saturated carbocycles. The molecule has 0 bridgehead atoms. The number of unbranched alkanes of at least 4 members (excludes halogenated alkanes) is 1. The zero-order valence-electron chi connectivity index (χ0n) is 11.1. The van der Waals surface area contributed by atoms with E-state index in [0.717, 1.165) is 6.42 Å². The third-order valence-electron chi connectivity index (χ3n) is 2.05. The number of hydrogen-bond donors (Lipinski definition) is 1. The third kappa shape index (κ3) is 5.63. The first-order valence-electron chi connectivity index (χ1n) is 5.72. The maximum atomic E-state index is 11.4. The number of aliphatic hydroxyl groups is 1. The summed E-state index contributed by atoms with van der Waals surface area (Å²) in [5.41, 5.74) is 0.215. The molecule has 0 aromatic heterocycles. The molecule has 0 aromatic carbocycles. The SMILES string of the molecule is C=C(C)C(=O)OC(O)(CCCC)OC(=O)C(=C)C. The van der Waals surface area contributed by atoms with Crippen LogP contribution in [0.15, 0.2) is 24.3 Å². The highest BCUT2D eigenvalue weighted by molar-refractivity contribution is 5.88. The number of carbonyl (C=O) groups excluding carboxylic acids is 2. The summed E-state index contributed by atoms with van der Waals surface area (Å²) in [4.78, 5) is 22.8. The molecule has 0 fully saturated rings. The largest absolute Gasteiger partial charge is 0.395 e. The van der Waals surface area contributed by atoms with Gasteiger partial charge in [-0.05, 0) is 20.3 Å². The zero-order valence-corrected chi connectivity index (χ0v) is 11.1. The fourth-order valence-corrected chi connectivity index (χ4v) is 0.987. The van der Waals surface area contributed by atoms with E-state index in [0.29, 0.717) is 6.42 Å². The zero-order chi connectivity index (χ0) is 14.3. The van der Waals surface area contributed by atoms with Gasteiger partial charge in [0.1, 0.15) is 0 Å². The molecule has 0 rings (SSSR count). The summed E-state index contributed by atoms with van der Waals surface area (Å²) in [6.07, 6.45) is 1.28. The van der Waals surface area contributed by atoms with Gasteiger partial charge in [-0.1, -0.05) is 26.5 Å². The predicted molar refractivity (Wildman–Crippen MR) is 66.3 cm³/mol. The number of rotatable bonds is 7. The molecule has 0 radical (unpaired) electrons. The summed E-state index contributed by atoms with van der Waals surface area (Å²) in [6.45, 7) is 11.5. The van der Waals surface area contributed by atoms with Crippen LogP contribution in [-0.2, 0) is 19.1 Å². The van der Waals surface area contributed by atoms with Crippen LogP contribution < -0.4 is 0 Å². The summed E-state index contributed by atoms with van der Waals surface area (Å²) in [6, 6.07) is 0. The monoisotopic (exact) mass is 256 g/mol. The van der Waals surface area contributed by atoms with Gasteiger partial charge in [0.25, 0.3) is 0 Å². The second-order valence-corrected chi connectivity index (χ2v) is 4.16. The van der Waals surface area contributed by atoms with E-state index in [1.165, 1.54) is 13.8 Å². The number of ether oxygens (including phenoxy) is 2. The molecule has 1 N–H and O–H groups in total. The molecule has 0 heterocycles. The molecule has 18 heavy (non-hydrogen) atoms. The predicted octanol–water partition coefficient (Wildman–Crippen LogP) is 2.06. The van der Waals surface area contributed by atoms with Crippen LogP contribution in [0.4, 0.5) is 0 Å². The summed E-state index contributed by atoms with van der Waals surface area (Å²) in [5.74, 6) is -3.89. The first kappa shape index (κ1) is 16.4. The highest BCUT2D eigenvalue weighted by atomic mass is 16.8. The Morgan fingerprint density at radius 1 is 1.11 bits per heavy atom. The van der Waals surface area contributed by atoms with Crippen LogP contribution in [0.5, 0.6) is 0 Å². The van der Waals surface area contributed by atoms with Crippen LogP contribution in [0, 0.1) is 0 Å². The van der Waals surface area contributed by atoms with Crippen molar-refractivity contribution in [1.82, 2.24) is 0 Å². The maximum absolute atomic E-state index is 11.4. The molecule has 0 spiro atoms. The minimum absolute atomic E-state index is 0.00153. The Morgan fingerprint density at radius 3 is 1.78 bits per heavy atom. The average molecular weight is 256 g/mol. The Hall–Kier alpha value is -1.62. The molecule has 0 atom stereocenters. The molecule has 0 amide bonds. The Kier molecular flexibility index (Phi) is 6.33. The van der Waals surface area contributed by atoms with Crippen molar-refractivity contribution in [3.63, 3.8) is 0 Å². The van der Waals surface area contributed by atoms with E-state index in [-0.39, 0.29) is 17.6 Å². The van der Waals surface area contributed by atoms with Crippen LogP contribution in [0.2, 0.25) is 0 Å². The number of hydrogen-bond acceptors (Lipinski definition) is 5. The first-order chi connectivity index (χ1) is 8.22. The van der Waals surface area contributed by atoms with Crippen molar-refractivity contribution in [2.24, 2.45) is 0 Å². The van der Waals surface area contributed by atoms with Crippen molar-refractivity contribution in [3.05, 3.63) is 24.3 Å². The standard InChI is InChI=1S/C13H20O5/c1-6-7-8-13(16,17-11(14)9(2)3)18-12(15)10(4)5/h16H,2,4,6-8H2,1,3,5H3. The molecular weight excluding hydrogens is 236 g/mol. The first-order valence-corrected chi connectivity index (χ1v) is 5.72. The van der Waals surface area contributed by atoms with Gasteiger partial charge in [-0.3, -0.25) is 0 Å². The molecule has 0 aliphatic carbocycles. The summed E-state index contributed by atoms with van der Waals surface area (Å²) in [7, 11) is 0. The van der Waals surface area contributed by atoms with Gasteiger partial charge in [0.15, 0.2) is 0 Å². The average Bonchev–Trinajstić information content (AvgIpc) is 2.25. The van der Waals surface area contributed by atoms with Crippen LogP contribution in [-0.4, -0.2) is 23.0 Å². The summed E-state index contributed by atoms with van der Waals surface area (Å²) < 4.78 is 9.51. The number of esters is 2. The molecular formula is C13H20O5. The minimum atomic E-state index is -2.26. The molecule has 5 heteroatoms. The minimum Gasteiger partial charge on any atom is -0.395 e. The summed E-state index contributed by atoms with van der Waals surface area (Å²) in [5, 5.41) is 10.0. The van der Waals surface area contributed by atoms with Gasteiger partial charge >= 0.3 is 17.9 Å². The lowest BCUT2D eigenvalue weighted by molar-refractivity contribution is -0.324. The van der Waals surface area contributed by atoms with Crippen LogP contribution in [0.25, 0.3) is 0 Å². The summed E-state index contributed by atoms with van der Waals surface area (Å²) >= 11 is 0. The highest BCUT2D eigenvalue weighted by Gasteiger charge is 2.36. The normalized spacial score (nSPS) is 10.7. The second-order valence-electron chi connectivity index (χ2n) is 4.16. The van der Waals surface area contributed by atoms with Gasteiger partial charge in [0.05, 0.1) is 6.42 Å². The van der Waals surface area contributed by atoms with Crippen LogP contribution in [0.1, 0.15) is 40.0 Å². The molecule has 0 aromatic rings. The van der Waals surface area contributed by atoms with E-state index in [4.69, 9.17) is 9.47 Å². The Labute approximate surface area is 107 Å².